The van der Waals surface area contributed by atoms with Gasteiger partial charge in [-0.1, -0.05) is 43.7 Å². The molecule has 0 unspecified atom stereocenters. The van der Waals surface area contributed by atoms with Crippen LogP contribution in [0.1, 0.15) is 37.9 Å². The van der Waals surface area contributed by atoms with Crippen molar-refractivity contribution in [3.8, 4) is 16.4 Å². The topological polar surface area (TPSA) is 59.8 Å². The zero-order valence-corrected chi connectivity index (χ0v) is 16.4. The first kappa shape index (κ1) is 18.3. The van der Waals surface area contributed by atoms with E-state index in [0.29, 0.717) is 5.82 Å². The summed E-state index contributed by atoms with van der Waals surface area (Å²) in [6, 6.07) is 10.2. The highest BCUT2D eigenvalue weighted by Crippen LogP contribution is 2.27. The number of thiazole rings is 1. The summed E-state index contributed by atoms with van der Waals surface area (Å²) in [6.45, 7) is 8.05. The van der Waals surface area contributed by atoms with Crippen LogP contribution in [0.4, 0.5) is 5.82 Å². The minimum absolute atomic E-state index is 0.0121. The predicted octanol–water partition coefficient (Wildman–Crippen LogP) is 4.99. The second-order valence-corrected chi connectivity index (χ2v) is 7.30. The molecule has 0 aliphatic rings. The lowest BCUT2D eigenvalue weighted by molar-refractivity contribution is -0.120. The lowest BCUT2D eigenvalue weighted by Crippen LogP contribution is -2.23. The SMILES string of the molecule is CCC(CC)C(=O)Nc1cc(C)nn1-c1nc(-c2ccc(C)cc2)cs1. The third-order valence-electron chi connectivity index (χ3n) is 4.46. The van der Waals surface area contributed by atoms with E-state index in [4.69, 9.17) is 4.98 Å². The van der Waals surface area contributed by atoms with Gasteiger partial charge < -0.3 is 5.32 Å². The Morgan fingerprint density at radius 3 is 2.54 bits per heavy atom. The van der Waals surface area contributed by atoms with Crippen LogP contribution in [-0.4, -0.2) is 20.7 Å². The maximum absolute atomic E-state index is 12.5. The van der Waals surface area contributed by atoms with Crippen molar-refractivity contribution in [2.75, 3.05) is 5.32 Å². The van der Waals surface area contributed by atoms with Crippen molar-refractivity contribution in [3.63, 3.8) is 0 Å². The van der Waals surface area contributed by atoms with E-state index in [1.54, 1.807) is 4.68 Å². The van der Waals surface area contributed by atoms with E-state index in [1.165, 1.54) is 16.9 Å². The standard InChI is InChI=1S/C20H24N4OS/c1-5-15(6-2)19(25)22-18-11-14(4)23-24(18)20-21-17(12-26-20)16-9-7-13(3)8-10-16/h7-12,15H,5-6H2,1-4H3,(H,22,25). The Labute approximate surface area is 158 Å². The molecule has 0 radical (unpaired) electrons. The zero-order valence-electron chi connectivity index (χ0n) is 15.6. The van der Waals surface area contributed by atoms with E-state index in [0.717, 1.165) is 34.9 Å². The lowest BCUT2D eigenvalue weighted by Gasteiger charge is -2.12. The van der Waals surface area contributed by atoms with E-state index in [9.17, 15) is 4.79 Å². The van der Waals surface area contributed by atoms with Crippen molar-refractivity contribution in [2.24, 2.45) is 5.92 Å². The summed E-state index contributed by atoms with van der Waals surface area (Å²) in [7, 11) is 0. The van der Waals surface area contributed by atoms with Gasteiger partial charge in [0.1, 0.15) is 5.82 Å². The first-order valence-electron chi connectivity index (χ1n) is 8.92. The normalized spacial score (nSPS) is 11.1. The van der Waals surface area contributed by atoms with E-state index in [1.807, 2.05) is 32.2 Å². The van der Waals surface area contributed by atoms with E-state index >= 15 is 0 Å². The molecule has 0 bridgehead atoms. The van der Waals surface area contributed by atoms with Crippen molar-refractivity contribution in [1.29, 1.82) is 0 Å². The van der Waals surface area contributed by atoms with Gasteiger partial charge in [-0.2, -0.15) is 9.78 Å². The first-order valence-corrected chi connectivity index (χ1v) is 9.80. The molecule has 5 nitrogen and oxygen atoms in total. The van der Waals surface area contributed by atoms with Gasteiger partial charge in [-0.05, 0) is 26.7 Å². The molecule has 0 saturated heterocycles. The van der Waals surface area contributed by atoms with Crippen molar-refractivity contribution in [1.82, 2.24) is 14.8 Å². The lowest BCUT2D eigenvalue weighted by atomic mass is 10.0. The van der Waals surface area contributed by atoms with Gasteiger partial charge in [0.05, 0.1) is 11.4 Å². The summed E-state index contributed by atoms with van der Waals surface area (Å²) in [5.74, 6) is 0.716. The summed E-state index contributed by atoms with van der Waals surface area (Å²) in [5.41, 5.74) is 4.05. The van der Waals surface area contributed by atoms with Gasteiger partial charge in [0.25, 0.3) is 0 Å². The quantitative estimate of drug-likeness (QED) is 0.667. The van der Waals surface area contributed by atoms with Crippen molar-refractivity contribution >= 4 is 23.1 Å². The van der Waals surface area contributed by atoms with Crippen molar-refractivity contribution in [2.45, 2.75) is 40.5 Å². The van der Waals surface area contributed by atoms with Crippen molar-refractivity contribution < 1.29 is 4.79 Å². The van der Waals surface area contributed by atoms with Gasteiger partial charge in [-0.25, -0.2) is 4.98 Å². The van der Waals surface area contributed by atoms with Crippen molar-refractivity contribution in [3.05, 3.63) is 47.0 Å². The van der Waals surface area contributed by atoms with Crippen LogP contribution in [0.3, 0.4) is 0 Å². The van der Waals surface area contributed by atoms with Gasteiger partial charge in [0.15, 0.2) is 0 Å². The molecule has 26 heavy (non-hydrogen) atoms. The van der Waals surface area contributed by atoms with Crippen LogP contribution in [-0.2, 0) is 4.79 Å². The minimum atomic E-state index is 0.0121. The second-order valence-electron chi connectivity index (χ2n) is 6.47. The molecule has 1 N–H and O–H groups in total. The Balaban J connectivity index is 1.88. The molecule has 0 fully saturated rings. The van der Waals surface area contributed by atoms with Gasteiger partial charge in [0, 0.05) is 22.9 Å². The molecule has 2 aromatic heterocycles. The molecular weight excluding hydrogens is 344 g/mol. The Kier molecular flexibility index (Phi) is 5.52. The molecule has 1 aromatic carbocycles. The Morgan fingerprint density at radius 2 is 1.88 bits per heavy atom. The number of hydrogen-bond donors (Lipinski definition) is 1. The van der Waals surface area contributed by atoms with Crippen LogP contribution < -0.4 is 5.32 Å². The van der Waals surface area contributed by atoms with E-state index < -0.39 is 0 Å². The molecule has 0 aliphatic heterocycles. The predicted molar refractivity (Wildman–Crippen MR) is 107 cm³/mol. The average Bonchev–Trinajstić information content (AvgIpc) is 3.23. The molecule has 0 atom stereocenters. The summed E-state index contributed by atoms with van der Waals surface area (Å²) in [5, 5.41) is 10.3. The van der Waals surface area contributed by atoms with Gasteiger partial charge >= 0.3 is 0 Å². The number of nitrogens with zero attached hydrogens (tertiary/aromatic N) is 3. The summed E-state index contributed by atoms with van der Waals surface area (Å²) in [4.78, 5) is 17.2. The number of rotatable bonds is 6. The molecular formula is C20H24N4OS. The fourth-order valence-electron chi connectivity index (χ4n) is 2.84. The smallest absolute Gasteiger partial charge is 0.228 e. The average molecular weight is 369 g/mol. The molecule has 1 amide bonds. The molecule has 2 heterocycles. The van der Waals surface area contributed by atoms with E-state index in [2.05, 4.69) is 41.6 Å². The fraction of sp³-hybridized carbons (Fsp3) is 0.350. The maximum atomic E-state index is 12.5. The largest absolute Gasteiger partial charge is 0.310 e. The molecule has 0 spiro atoms. The number of nitrogens with one attached hydrogen (secondary N) is 1. The molecule has 3 aromatic rings. The fourth-order valence-corrected chi connectivity index (χ4v) is 3.64. The monoisotopic (exact) mass is 368 g/mol. The number of amides is 1. The third-order valence-corrected chi connectivity index (χ3v) is 5.28. The number of hydrogen-bond acceptors (Lipinski definition) is 4. The highest BCUT2D eigenvalue weighted by atomic mass is 32.1. The third kappa shape index (κ3) is 3.85. The summed E-state index contributed by atoms with van der Waals surface area (Å²) >= 11 is 1.51. The summed E-state index contributed by atoms with van der Waals surface area (Å²) in [6.07, 6.45) is 1.65. The first-order chi connectivity index (χ1) is 12.5. The number of carbonyl (C=O) groups is 1. The minimum Gasteiger partial charge on any atom is -0.310 e. The Morgan fingerprint density at radius 1 is 1.19 bits per heavy atom. The number of aromatic nitrogens is 3. The second kappa shape index (κ2) is 7.83. The number of anilines is 1. The molecule has 0 saturated carbocycles. The van der Waals surface area contributed by atoms with Crippen LogP contribution >= 0.6 is 11.3 Å². The molecule has 3 rings (SSSR count). The summed E-state index contributed by atoms with van der Waals surface area (Å²) < 4.78 is 1.72. The number of carbonyl (C=O) groups excluding carboxylic acids is 1. The molecule has 136 valence electrons. The van der Waals surface area contributed by atoms with Gasteiger partial charge in [0.2, 0.25) is 11.0 Å². The van der Waals surface area contributed by atoms with Crippen LogP contribution in [0, 0.1) is 19.8 Å². The number of aryl methyl sites for hydroxylation is 2. The highest BCUT2D eigenvalue weighted by molar-refractivity contribution is 7.12. The van der Waals surface area contributed by atoms with E-state index in [-0.39, 0.29) is 11.8 Å². The van der Waals surface area contributed by atoms with Crippen LogP contribution in [0.5, 0.6) is 0 Å². The van der Waals surface area contributed by atoms with Gasteiger partial charge in [-0.3, -0.25) is 4.79 Å². The van der Waals surface area contributed by atoms with Gasteiger partial charge in [-0.15, -0.1) is 11.3 Å². The Hall–Kier alpha value is -2.47. The van der Waals surface area contributed by atoms with Crippen LogP contribution in [0.2, 0.25) is 0 Å². The highest BCUT2D eigenvalue weighted by Gasteiger charge is 2.18. The molecule has 6 heteroatoms. The Bertz CT molecular complexity index is 891. The maximum Gasteiger partial charge on any atom is 0.228 e. The number of benzene rings is 1. The van der Waals surface area contributed by atoms with Crippen LogP contribution in [0.15, 0.2) is 35.7 Å². The zero-order chi connectivity index (χ0) is 18.7. The molecule has 0 aliphatic carbocycles. The van der Waals surface area contributed by atoms with Crippen LogP contribution in [0.25, 0.3) is 16.4 Å².